The predicted octanol–water partition coefficient (Wildman–Crippen LogP) is 3.24. The van der Waals surface area contributed by atoms with Crippen LogP contribution in [0.3, 0.4) is 0 Å². The Morgan fingerprint density at radius 3 is 2.61 bits per heavy atom. The number of ether oxygens (including phenoxy) is 1. The third-order valence-corrected chi connectivity index (χ3v) is 4.76. The van der Waals surface area contributed by atoms with Gasteiger partial charge < -0.3 is 14.7 Å². The van der Waals surface area contributed by atoms with Crippen molar-refractivity contribution in [2.45, 2.75) is 26.3 Å². The summed E-state index contributed by atoms with van der Waals surface area (Å²) < 4.78 is 5.35. The van der Waals surface area contributed by atoms with Crippen LogP contribution in [0.25, 0.3) is 5.76 Å². The third kappa shape index (κ3) is 3.97. The minimum Gasteiger partial charge on any atom is -0.507 e. The van der Waals surface area contributed by atoms with E-state index in [-0.39, 0.29) is 11.3 Å². The second kappa shape index (κ2) is 8.80. The summed E-state index contributed by atoms with van der Waals surface area (Å²) in [4.78, 5) is 31.2. The van der Waals surface area contributed by atoms with Gasteiger partial charge in [0.05, 0.1) is 11.6 Å². The van der Waals surface area contributed by atoms with Gasteiger partial charge in [-0.05, 0) is 31.9 Å². The molecule has 1 saturated heterocycles. The van der Waals surface area contributed by atoms with Crippen LogP contribution in [0.4, 0.5) is 0 Å². The van der Waals surface area contributed by atoms with Gasteiger partial charge in [0.1, 0.15) is 5.76 Å². The molecular formula is C22H24N2O4. The Bertz CT molecular complexity index is 875. The van der Waals surface area contributed by atoms with E-state index >= 15 is 0 Å². The summed E-state index contributed by atoms with van der Waals surface area (Å²) in [7, 11) is 0. The fourth-order valence-electron chi connectivity index (χ4n) is 3.34. The van der Waals surface area contributed by atoms with Crippen LogP contribution in [-0.4, -0.2) is 46.4 Å². The largest absolute Gasteiger partial charge is 0.507 e. The zero-order valence-corrected chi connectivity index (χ0v) is 16.1. The molecule has 1 amide bonds. The van der Waals surface area contributed by atoms with Crippen LogP contribution >= 0.6 is 0 Å². The lowest BCUT2D eigenvalue weighted by Crippen LogP contribution is -2.31. The van der Waals surface area contributed by atoms with Crippen LogP contribution < -0.4 is 0 Å². The average molecular weight is 380 g/mol. The number of nitrogens with zero attached hydrogens (tertiary/aromatic N) is 2. The van der Waals surface area contributed by atoms with Crippen molar-refractivity contribution >= 4 is 17.4 Å². The smallest absolute Gasteiger partial charge is 0.295 e. The molecule has 2 aromatic rings. The maximum Gasteiger partial charge on any atom is 0.295 e. The van der Waals surface area contributed by atoms with E-state index in [0.29, 0.717) is 37.3 Å². The highest BCUT2D eigenvalue weighted by Gasteiger charge is 2.45. The predicted molar refractivity (Wildman–Crippen MR) is 106 cm³/mol. The number of hydrogen-bond donors (Lipinski definition) is 1. The number of amides is 1. The molecule has 1 aliphatic heterocycles. The molecule has 0 saturated carbocycles. The zero-order chi connectivity index (χ0) is 20.1. The molecule has 0 spiro atoms. The highest BCUT2D eigenvalue weighted by molar-refractivity contribution is 6.46. The molecule has 1 unspecified atom stereocenters. The Hall–Kier alpha value is -2.99. The number of aliphatic hydroxyl groups is 1. The summed E-state index contributed by atoms with van der Waals surface area (Å²) in [5.41, 5.74) is 2.33. The van der Waals surface area contributed by atoms with Crippen molar-refractivity contribution in [3.63, 3.8) is 0 Å². The van der Waals surface area contributed by atoms with Gasteiger partial charge in [-0.1, -0.05) is 35.9 Å². The van der Waals surface area contributed by atoms with Crippen LogP contribution in [0.15, 0.2) is 54.4 Å². The van der Waals surface area contributed by atoms with Gasteiger partial charge in [0.15, 0.2) is 0 Å². The van der Waals surface area contributed by atoms with Crippen molar-refractivity contribution in [3.05, 3.63) is 71.1 Å². The molecule has 1 fully saturated rings. The normalized spacial score (nSPS) is 18.6. The lowest BCUT2D eigenvalue weighted by atomic mass is 9.96. The van der Waals surface area contributed by atoms with Crippen LogP contribution in [-0.2, 0) is 14.3 Å². The van der Waals surface area contributed by atoms with Gasteiger partial charge in [0, 0.05) is 37.7 Å². The van der Waals surface area contributed by atoms with E-state index in [2.05, 4.69) is 4.98 Å². The number of aryl methyl sites for hydroxylation is 1. The van der Waals surface area contributed by atoms with Crippen molar-refractivity contribution in [1.29, 1.82) is 0 Å². The van der Waals surface area contributed by atoms with Gasteiger partial charge in [-0.2, -0.15) is 0 Å². The van der Waals surface area contributed by atoms with Crippen LogP contribution in [0, 0.1) is 6.92 Å². The van der Waals surface area contributed by atoms with Gasteiger partial charge in [-0.3, -0.25) is 14.6 Å². The molecule has 146 valence electrons. The molecule has 0 bridgehead atoms. The summed E-state index contributed by atoms with van der Waals surface area (Å²) in [6.45, 7) is 5.30. The maximum absolute atomic E-state index is 12.8. The molecule has 6 nitrogen and oxygen atoms in total. The average Bonchev–Trinajstić information content (AvgIpc) is 2.97. The van der Waals surface area contributed by atoms with E-state index in [1.165, 1.54) is 4.90 Å². The summed E-state index contributed by atoms with van der Waals surface area (Å²) in [5.74, 6) is -1.46. The van der Waals surface area contributed by atoms with Gasteiger partial charge in [0.25, 0.3) is 11.7 Å². The number of benzene rings is 1. The van der Waals surface area contributed by atoms with Gasteiger partial charge in [-0.25, -0.2) is 0 Å². The first-order valence-electron chi connectivity index (χ1n) is 9.37. The summed E-state index contributed by atoms with van der Waals surface area (Å²) in [5, 5.41) is 10.9. The van der Waals surface area contributed by atoms with Crippen LogP contribution in [0.1, 0.15) is 36.1 Å². The topological polar surface area (TPSA) is 79.7 Å². The first kappa shape index (κ1) is 19.8. The summed E-state index contributed by atoms with van der Waals surface area (Å²) in [6.07, 6.45) is 3.85. The molecule has 1 aromatic heterocycles. The highest BCUT2D eigenvalue weighted by atomic mass is 16.5. The van der Waals surface area contributed by atoms with Crippen LogP contribution in [0.2, 0.25) is 0 Å². The zero-order valence-electron chi connectivity index (χ0n) is 16.1. The minimum atomic E-state index is -0.677. The van der Waals surface area contributed by atoms with Crippen molar-refractivity contribution in [3.8, 4) is 0 Å². The summed E-state index contributed by atoms with van der Waals surface area (Å²) >= 11 is 0. The first-order valence-corrected chi connectivity index (χ1v) is 9.37. The van der Waals surface area contributed by atoms with Crippen molar-refractivity contribution in [2.75, 3.05) is 19.8 Å². The van der Waals surface area contributed by atoms with Crippen LogP contribution in [0.5, 0.6) is 0 Å². The number of Topliss-reactive ketones (excluding diaryl/α,β-unsaturated/α-hetero) is 1. The monoisotopic (exact) mass is 380 g/mol. The van der Waals surface area contributed by atoms with Gasteiger partial charge in [0.2, 0.25) is 0 Å². The Labute approximate surface area is 164 Å². The number of ketones is 1. The van der Waals surface area contributed by atoms with E-state index < -0.39 is 17.7 Å². The lowest BCUT2D eigenvalue weighted by Gasteiger charge is -2.25. The minimum absolute atomic E-state index is 0.0956. The van der Waals surface area contributed by atoms with E-state index in [4.69, 9.17) is 4.74 Å². The number of likely N-dealkylation sites (tertiary alicyclic amines) is 1. The Balaban J connectivity index is 2.03. The van der Waals surface area contributed by atoms with E-state index in [1.807, 2.05) is 32.0 Å². The standard InChI is InChI=1S/C22H24N2O4/c1-3-28-13-5-12-24-19(17-6-4-11-23-14-17)18(21(26)22(24)27)20(25)16-9-7-15(2)8-10-16/h4,6-11,14,19,25H,3,5,12-13H2,1-2H3/b20-18-. The molecule has 1 aliphatic rings. The molecule has 2 heterocycles. The van der Waals surface area contributed by atoms with E-state index in [9.17, 15) is 14.7 Å². The van der Waals surface area contributed by atoms with Gasteiger partial charge in [-0.15, -0.1) is 0 Å². The number of rotatable bonds is 7. The number of pyridine rings is 1. The third-order valence-electron chi connectivity index (χ3n) is 4.76. The number of carbonyl (C=O) groups is 2. The fourth-order valence-corrected chi connectivity index (χ4v) is 3.34. The highest BCUT2D eigenvalue weighted by Crippen LogP contribution is 2.39. The Morgan fingerprint density at radius 2 is 1.96 bits per heavy atom. The van der Waals surface area contributed by atoms with E-state index in [0.717, 1.165) is 5.56 Å². The quantitative estimate of drug-likeness (QED) is 0.345. The lowest BCUT2D eigenvalue weighted by molar-refractivity contribution is -0.140. The maximum atomic E-state index is 12.8. The molecule has 1 atom stereocenters. The number of aromatic nitrogens is 1. The molecule has 1 N–H and O–H groups in total. The molecule has 6 heteroatoms. The number of hydrogen-bond acceptors (Lipinski definition) is 5. The molecular weight excluding hydrogens is 356 g/mol. The van der Waals surface area contributed by atoms with E-state index in [1.54, 1.807) is 30.6 Å². The Morgan fingerprint density at radius 1 is 1.21 bits per heavy atom. The number of aliphatic hydroxyl groups excluding tert-OH is 1. The molecule has 0 radical (unpaired) electrons. The molecule has 3 rings (SSSR count). The molecule has 0 aliphatic carbocycles. The Kier molecular flexibility index (Phi) is 6.21. The second-order valence-electron chi connectivity index (χ2n) is 6.70. The van der Waals surface area contributed by atoms with Crippen molar-refractivity contribution in [1.82, 2.24) is 9.88 Å². The first-order chi connectivity index (χ1) is 13.5. The van der Waals surface area contributed by atoms with Crippen molar-refractivity contribution < 1.29 is 19.4 Å². The molecule has 1 aromatic carbocycles. The molecule has 28 heavy (non-hydrogen) atoms. The van der Waals surface area contributed by atoms with Crippen molar-refractivity contribution in [2.24, 2.45) is 0 Å². The summed E-state index contributed by atoms with van der Waals surface area (Å²) in [6, 6.07) is 10.1. The number of carbonyl (C=O) groups excluding carboxylic acids is 2. The second-order valence-corrected chi connectivity index (χ2v) is 6.70. The fraction of sp³-hybridized carbons (Fsp3) is 0.318. The van der Waals surface area contributed by atoms with Gasteiger partial charge >= 0.3 is 0 Å². The SMILES string of the molecule is CCOCCCN1C(=O)C(=O)/C(=C(\O)c2ccc(C)cc2)C1c1cccnc1.